The van der Waals surface area contributed by atoms with E-state index in [2.05, 4.69) is 36.3 Å². The Bertz CT molecular complexity index is 394. The fourth-order valence-electron chi connectivity index (χ4n) is 2.60. The summed E-state index contributed by atoms with van der Waals surface area (Å²) < 4.78 is 11.0. The van der Waals surface area contributed by atoms with Gasteiger partial charge in [-0.05, 0) is 31.2 Å². The first kappa shape index (κ1) is 15.3. The first-order chi connectivity index (χ1) is 9.72. The number of nitrogens with zero attached hydrogens (tertiary/aromatic N) is 1. The van der Waals surface area contributed by atoms with Crippen LogP contribution in [0.1, 0.15) is 24.9 Å². The van der Waals surface area contributed by atoms with Crippen LogP contribution < -0.4 is 10.1 Å². The van der Waals surface area contributed by atoms with Gasteiger partial charge in [0.1, 0.15) is 5.75 Å². The van der Waals surface area contributed by atoms with E-state index in [1.54, 1.807) is 7.11 Å². The summed E-state index contributed by atoms with van der Waals surface area (Å²) in [6.45, 7) is 5.98. The average molecular weight is 278 g/mol. The number of ether oxygens (including phenoxy) is 2. The van der Waals surface area contributed by atoms with E-state index < -0.39 is 0 Å². The van der Waals surface area contributed by atoms with Crippen molar-refractivity contribution >= 4 is 0 Å². The van der Waals surface area contributed by atoms with Gasteiger partial charge in [-0.3, -0.25) is 0 Å². The Hall–Kier alpha value is -1.10. The lowest BCUT2D eigenvalue weighted by molar-refractivity contribution is -0.0193. The summed E-state index contributed by atoms with van der Waals surface area (Å²) >= 11 is 0. The average Bonchev–Trinajstić information content (AvgIpc) is 2.48. The Morgan fingerprint density at radius 2 is 2.15 bits per heavy atom. The van der Waals surface area contributed by atoms with Crippen molar-refractivity contribution in [3.05, 3.63) is 29.8 Å². The highest BCUT2D eigenvalue weighted by atomic mass is 16.5. The molecular weight excluding hydrogens is 252 g/mol. The van der Waals surface area contributed by atoms with Crippen LogP contribution in [0.4, 0.5) is 0 Å². The Labute approximate surface area is 122 Å². The highest BCUT2D eigenvalue weighted by Crippen LogP contribution is 2.20. The van der Waals surface area contributed by atoms with Crippen LogP contribution in [0.15, 0.2) is 24.3 Å². The zero-order valence-corrected chi connectivity index (χ0v) is 12.8. The monoisotopic (exact) mass is 278 g/mol. The number of benzene rings is 1. The fourth-order valence-corrected chi connectivity index (χ4v) is 2.60. The maximum atomic E-state index is 5.79. The minimum absolute atomic E-state index is 0.293. The first-order valence-electron chi connectivity index (χ1n) is 7.40. The lowest BCUT2D eigenvalue weighted by atomic mass is 10.0. The molecule has 2 unspecified atom stereocenters. The van der Waals surface area contributed by atoms with Crippen LogP contribution in [0.5, 0.6) is 5.75 Å². The van der Waals surface area contributed by atoms with Crippen molar-refractivity contribution in [3.8, 4) is 5.75 Å². The molecule has 112 valence electrons. The molecule has 0 saturated carbocycles. The van der Waals surface area contributed by atoms with Crippen molar-refractivity contribution in [1.82, 2.24) is 10.2 Å². The van der Waals surface area contributed by atoms with Gasteiger partial charge in [-0.1, -0.05) is 19.1 Å². The third-order valence-corrected chi connectivity index (χ3v) is 3.86. The summed E-state index contributed by atoms with van der Waals surface area (Å²) in [7, 11) is 3.85. The van der Waals surface area contributed by atoms with Gasteiger partial charge in [0.25, 0.3) is 0 Å². The molecular formula is C16H26N2O2. The molecule has 1 aromatic rings. The molecule has 0 aliphatic carbocycles. The van der Waals surface area contributed by atoms with E-state index in [4.69, 9.17) is 9.47 Å². The molecule has 4 heteroatoms. The van der Waals surface area contributed by atoms with Crippen molar-refractivity contribution in [2.45, 2.75) is 25.5 Å². The maximum Gasteiger partial charge on any atom is 0.118 e. The quantitative estimate of drug-likeness (QED) is 0.863. The smallest absolute Gasteiger partial charge is 0.118 e. The van der Waals surface area contributed by atoms with Crippen molar-refractivity contribution in [2.24, 2.45) is 0 Å². The van der Waals surface area contributed by atoms with Crippen molar-refractivity contribution in [3.63, 3.8) is 0 Å². The largest absolute Gasteiger partial charge is 0.497 e. The van der Waals surface area contributed by atoms with Gasteiger partial charge in [0.05, 0.1) is 19.8 Å². The standard InChI is InChI=1S/C16H26N2O2/c1-4-16(13-5-7-14(19-3)8-6-13)17-11-15-12-18(2)9-10-20-15/h5-8,15-17H,4,9-12H2,1-3H3. The van der Waals surface area contributed by atoms with E-state index in [-0.39, 0.29) is 0 Å². The topological polar surface area (TPSA) is 33.7 Å². The molecule has 1 aromatic carbocycles. The van der Waals surface area contributed by atoms with Crippen LogP contribution in [-0.2, 0) is 4.74 Å². The molecule has 20 heavy (non-hydrogen) atoms. The van der Waals surface area contributed by atoms with Gasteiger partial charge in [0, 0.05) is 25.7 Å². The van der Waals surface area contributed by atoms with Crippen LogP contribution in [0.2, 0.25) is 0 Å². The van der Waals surface area contributed by atoms with Crippen LogP contribution >= 0.6 is 0 Å². The van der Waals surface area contributed by atoms with Gasteiger partial charge >= 0.3 is 0 Å². The third-order valence-electron chi connectivity index (χ3n) is 3.86. The van der Waals surface area contributed by atoms with Gasteiger partial charge in [0.15, 0.2) is 0 Å². The predicted octanol–water partition coefficient (Wildman–Crippen LogP) is 2.07. The van der Waals surface area contributed by atoms with Crippen molar-refractivity contribution in [2.75, 3.05) is 40.4 Å². The van der Waals surface area contributed by atoms with E-state index in [0.717, 1.165) is 38.4 Å². The highest BCUT2D eigenvalue weighted by molar-refractivity contribution is 5.29. The second-order valence-electron chi connectivity index (χ2n) is 5.40. The Morgan fingerprint density at radius 3 is 2.75 bits per heavy atom. The molecule has 4 nitrogen and oxygen atoms in total. The molecule has 0 aromatic heterocycles. The van der Waals surface area contributed by atoms with E-state index in [9.17, 15) is 0 Å². The maximum absolute atomic E-state index is 5.79. The molecule has 0 spiro atoms. The van der Waals surface area contributed by atoms with E-state index >= 15 is 0 Å². The summed E-state index contributed by atoms with van der Waals surface area (Å²) in [5.74, 6) is 0.904. The summed E-state index contributed by atoms with van der Waals surface area (Å²) in [4.78, 5) is 2.32. The summed E-state index contributed by atoms with van der Waals surface area (Å²) in [6.07, 6.45) is 1.36. The molecule has 0 bridgehead atoms. The summed E-state index contributed by atoms with van der Waals surface area (Å²) in [5.41, 5.74) is 1.30. The summed E-state index contributed by atoms with van der Waals surface area (Å²) in [5, 5.41) is 3.62. The van der Waals surface area contributed by atoms with Gasteiger partial charge in [0.2, 0.25) is 0 Å². The molecule has 1 aliphatic heterocycles. The van der Waals surface area contributed by atoms with E-state index in [1.165, 1.54) is 5.56 Å². The zero-order valence-electron chi connectivity index (χ0n) is 12.8. The molecule has 1 saturated heterocycles. The molecule has 1 heterocycles. The van der Waals surface area contributed by atoms with Crippen LogP contribution in [0, 0.1) is 0 Å². The van der Waals surface area contributed by atoms with Gasteiger partial charge in [-0.2, -0.15) is 0 Å². The second kappa shape index (κ2) is 7.62. The van der Waals surface area contributed by atoms with Gasteiger partial charge in [-0.25, -0.2) is 0 Å². The van der Waals surface area contributed by atoms with Crippen molar-refractivity contribution < 1.29 is 9.47 Å². The minimum Gasteiger partial charge on any atom is -0.497 e. The van der Waals surface area contributed by atoms with Gasteiger partial charge in [-0.15, -0.1) is 0 Å². The predicted molar refractivity (Wildman–Crippen MR) is 81.3 cm³/mol. The first-order valence-corrected chi connectivity index (χ1v) is 7.40. The molecule has 2 rings (SSSR count). The molecule has 2 atom stereocenters. The number of likely N-dealkylation sites (N-methyl/N-ethyl adjacent to an activating group) is 1. The molecule has 1 fully saturated rings. The molecule has 1 N–H and O–H groups in total. The minimum atomic E-state index is 0.293. The van der Waals surface area contributed by atoms with Crippen LogP contribution in [-0.4, -0.2) is 51.4 Å². The number of methoxy groups -OCH3 is 1. The Kier molecular flexibility index (Phi) is 5.83. The SMILES string of the molecule is CCC(NCC1CN(C)CCO1)c1ccc(OC)cc1. The Balaban J connectivity index is 1.87. The summed E-state index contributed by atoms with van der Waals surface area (Å²) in [6, 6.07) is 8.67. The normalized spacial score (nSPS) is 21.6. The molecule has 1 aliphatic rings. The van der Waals surface area contributed by atoms with Crippen molar-refractivity contribution in [1.29, 1.82) is 0 Å². The molecule has 0 radical (unpaired) electrons. The highest BCUT2D eigenvalue weighted by Gasteiger charge is 2.19. The Morgan fingerprint density at radius 1 is 1.40 bits per heavy atom. The number of nitrogens with one attached hydrogen (secondary N) is 1. The number of rotatable bonds is 6. The lowest BCUT2D eigenvalue weighted by Crippen LogP contribution is -2.45. The number of hydrogen-bond donors (Lipinski definition) is 1. The second-order valence-corrected chi connectivity index (χ2v) is 5.40. The third kappa shape index (κ3) is 4.20. The van der Waals surface area contributed by atoms with Gasteiger partial charge < -0.3 is 19.7 Å². The van der Waals surface area contributed by atoms with Crippen LogP contribution in [0.3, 0.4) is 0 Å². The number of hydrogen-bond acceptors (Lipinski definition) is 4. The zero-order chi connectivity index (χ0) is 14.4. The fraction of sp³-hybridized carbons (Fsp3) is 0.625. The van der Waals surface area contributed by atoms with E-state index in [1.807, 2.05) is 12.1 Å². The number of morpholine rings is 1. The lowest BCUT2D eigenvalue weighted by Gasteiger charge is -2.31. The van der Waals surface area contributed by atoms with Crippen LogP contribution in [0.25, 0.3) is 0 Å². The van der Waals surface area contributed by atoms with E-state index in [0.29, 0.717) is 12.1 Å². The molecule has 0 amide bonds.